The van der Waals surface area contributed by atoms with E-state index in [0.717, 1.165) is 0 Å². The Labute approximate surface area is 128 Å². The quantitative estimate of drug-likeness (QED) is 0.899. The molecule has 0 bridgehead atoms. The highest BCUT2D eigenvalue weighted by atomic mass is 32.2. The predicted octanol–water partition coefficient (Wildman–Crippen LogP) is 2.35. The zero-order valence-corrected chi connectivity index (χ0v) is 13.0. The number of carboxylic acid groups (broad SMARTS) is 1. The molecule has 0 aliphatic carbocycles. The van der Waals surface area contributed by atoms with Crippen molar-refractivity contribution in [2.45, 2.75) is 30.4 Å². The second kappa shape index (κ2) is 6.85. The van der Waals surface area contributed by atoms with Crippen LogP contribution in [-0.4, -0.2) is 45.6 Å². The van der Waals surface area contributed by atoms with E-state index in [1.165, 1.54) is 0 Å². The maximum atomic E-state index is 12.3. The first-order valence-corrected chi connectivity index (χ1v) is 7.90. The molecule has 3 atom stereocenters. The van der Waals surface area contributed by atoms with Crippen LogP contribution in [0.2, 0.25) is 0 Å². The Morgan fingerprint density at radius 3 is 2.33 bits per heavy atom. The summed E-state index contributed by atoms with van der Waals surface area (Å²) in [5.74, 6) is -1.05. The fourth-order valence-corrected chi connectivity index (χ4v) is 3.82. The average Bonchev–Trinajstić information content (AvgIpc) is 2.44. The van der Waals surface area contributed by atoms with E-state index in [2.05, 4.69) is 19.2 Å². The second-order valence-corrected chi connectivity index (χ2v) is 7.18. The molecule has 114 valence electrons. The van der Waals surface area contributed by atoms with Gasteiger partial charge in [-0.15, -0.1) is 0 Å². The number of benzene rings is 1. The van der Waals surface area contributed by atoms with Crippen LogP contribution in [0.4, 0.5) is 4.79 Å². The number of carbonyl (C=O) groups excluding carboxylic acids is 1. The van der Waals surface area contributed by atoms with Gasteiger partial charge in [0.25, 0.3) is 0 Å². The molecular formula is C15H20N2O3S. The molecule has 1 aromatic rings. The number of aliphatic carboxylic acids is 1. The van der Waals surface area contributed by atoms with E-state index in [9.17, 15) is 14.7 Å². The van der Waals surface area contributed by atoms with Gasteiger partial charge >= 0.3 is 12.0 Å². The number of carboxylic acids is 1. The van der Waals surface area contributed by atoms with Gasteiger partial charge in [-0.05, 0) is 5.56 Å². The van der Waals surface area contributed by atoms with Crippen molar-refractivity contribution in [2.24, 2.45) is 0 Å². The summed E-state index contributed by atoms with van der Waals surface area (Å²) in [6.45, 7) is 5.43. The molecule has 21 heavy (non-hydrogen) atoms. The summed E-state index contributed by atoms with van der Waals surface area (Å²) in [6, 6.07) is 7.42. The number of urea groups is 1. The van der Waals surface area contributed by atoms with Crippen LogP contribution in [0.25, 0.3) is 0 Å². The predicted molar refractivity (Wildman–Crippen MR) is 83.4 cm³/mol. The standard InChI is InChI=1S/C15H20N2O3S/c1-10-8-17(9-11(2)21-10)15(20)16-13(14(18)19)12-6-4-3-5-7-12/h3-7,10-11,13H,8-9H2,1-2H3,(H,16,20)(H,18,19)/t10?,11?,13-/m0/s1. The highest BCUT2D eigenvalue weighted by Crippen LogP contribution is 2.25. The van der Waals surface area contributed by atoms with E-state index >= 15 is 0 Å². The monoisotopic (exact) mass is 308 g/mol. The summed E-state index contributed by atoms with van der Waals surface area (Å²) in [5.41, 5.74) is 0.575. The van der Waals surface area contributed by atoms with Crippen molar-refractivity contribution < 1.29 is 14.7 Å². The zero-order valence-electron chi connectivity index (χ0n) is 12.2. The van der Waals surface area contributed by atoms with Gasteiger partial charge in [0, 0.05) is 23.6 Å². The Morgan fingerprint density at radius 2 is 1.81 bits per heavy atom. The van der Waals surface area contributed by atoms with Crippen LogP contribution in [0.5, 0.6) is 0 Å². The molecule has 5 nitrogen and oxygen atoms in total. The van der Waals surface area contributed by atoms with Crippen molar-refractivity contribution in [1.29, 1.82) is 0 Å². The summed E-state index contributed by atoms with van der Waals surface area (Å²) in [5, 5.41) is 12.7. The number of rotatable bonds is 3. The molecule has 1 aliphatic heterocycles. The van der Waals surface area contributed by atoms with Crippen molar-refractivity contribution >= 4 is 23.8 Å². The lowest BCUT2D eigenvalue weighted by molar-refractivity contribution is -0.139. The van der Waals surface area contributed by atoms with E-state index in [-0.39, 0.29) is 6.03 Å². The summed E-state index contributed by atoms with van der Waals surface area (Å²) in [6.07, 6.45) is 0. The Morgan fingerprint density at radius 1 is 1.24 bits per heavy atom. The van der Waals surface area contributed by atoms with Crippen molar-refractivity contribution in [3.8, 4) is 0 Å². The van der Waals surface area contributed by atoms with Crippen LogP contribution in [0.15, 0.2) is 30.3 Å². The molecule has 1 aromatic carbocycles. The molecule has 0 radical (unpaired) electrons. The molecule has 1 heterocycles. The Bertz CT molecular complexity index is 499. The van der Waals surface area contributed by atoms with Crippen LogP contribution in [0.3, 0.4) is 0 Å². The number of carbonyl (C=O) groups is 2. The average molecular weight is 308 g/mol. The fourth-order valence-electron chi connectivity index (χ4n) is 2.49. The van der Waals surface area contributed by atoms with Gasteiger partial charge < -0.3 is 15.3 Å². The molecule has 0 saturated carbocycles. The van der Waals surface area contributed by atoms with Gasteiger partial charge in [-0.2, -0.15) is 11.8 Å². The Hall–Kier alpha value is -1.69. The minimum atomic E-state index is -1.05. The summed E-state index contributed by atoms with van der Waals surface area (Å²) in [7, 11) is 0. The number of thioether (sulfide) groups is 1. The van der Waals surface area contributed by atoms with Crippen molar-refractivity contribution in [2.75, 3.05) is 13.1 Å². The largest absolute Gasteiger partial charge is 0.479 e. The van der Waals surface area contributed by atoms with E-state index in [0.29, 0.717) is 29.2 Å². The molecule has 2 amide bonds. The molecule has 2 rings (SSSR count). The van der Waals surface area contributed by atoms with Crippen LogP contribution in [0.1, 0.15) is 25.5 Å². The second-order valence-electron chi connectivity index (χ2n) is 5.29. The van der Waals surface area contributed by atoms with Crippen LogP contribution < -0.4 is 5.32 Å². The fraction of sp³-hybridized carbons (Fsp3) is 0.467. The lowest BCUT2D eigenvalue weighted by Gasteiger charge is -2.35. The molecule has 2 N–H and O–H groups in total. The summed E-state index contributed by atoms with van der Waals surface area (Å²) in [4.78, 5) is 25.4. The minimum Gasteiger partial charge on any atom is -0.479 e. The third-order valence-corrected chi connectivity index (χ3v) is 4.58. The summed E-state index contributed by atoms with van der Waals surface area (Å²) >= 11 is 1.85. The molecule has 1 fully saturated rings. The molecule has 0 spiro atoms. The highest BCUT2D eigenvalue weighted by molar-refractivity contribution is 8.00. The maximum Gasteiger partial charge on any atom is 0.330 e. The zero-order chi connectivity index (χ0) is 15.4. The van der Waals surface area contributed by atoms with E-state index < -0.39 is 12.0 Å². The van der Waals surface area contributed by atoms with Crippen LogP contribution in [0, 0.1) is 0 Å². The molecule has 1 aliphatic rings. The third kappa shape index (κ3) is 4.14. The van der Waals surface area contributed by atoms with E-state index in [4.69, 9.17) is 0 Å². The number of nitrogens with zero attached hydrogens (tertiary/aromatic N) is 1. The first kappa shape index (κ1) is 15.7. The van der Waals surface area contributed by atoms with Gasteiger partial charge in [-0.25, -0.2) is 9.59 Å². The molecule has 6 heteroatoms. The summed E-state index contributed by atoms with van der Waals surface area (Å²) < 4.78 is 0. The van der Waals surface area contributed by atoms with Crippen LogP contribution in [-0.2, 0) is 4.79 Å². The normalized spacial score (nSPS) is 23.4. The number of nitrogens with one attached hydrogen (secondary N) is 1. The van der Waals surface area contributed by atoms with Gasteiger partial charge in [-0.3, -0.25) is 0 Å². The van der Waals surface area contributed by atoms with Gasteiger partial charge in [-0.1, -0.05) is 44.2 Å². The Balaban J connectivity index is 2.07. The van der Waals surface area contributed by atoms with Gasteiger partial charge in [0.1, 0.15) is 0 Å². The number of amides is 2. The molecule has 2 unspecified atom stereocenters. The first-order chi connectivity index (χ1) is 9.97. The number of hydrogen-bond acceptors (Lipinski definition) is 3. The van der Waals surface area contributed by atoms with Gasteiger partial charge in [0.05, 0.1) is 0 Å². The smallest absolute Gasteiger partial charge is 0.330 e. The van der Waals surface area contributed by atoms with E-state index in [1.54, 1.807) is 29.2 Å². The lowest BCUT2D eigenvalue weighted by atomic mass is 10.1. The first-order valence-electron chi connectivity index (χ1n) is 6.96. The van der Waals surface area contributed by atoms with Crippen molar-refractivity contribution in [3.63, 3.8) is 0 Å². The Kier molecular flexibility index (Phi) is 5.12. The van der Waals surface area contributed by atoms with Gasteiger partial charge in [0.2, 0.25) is 0 Å². The molecule has 0 aromatic heterocycles. The minimum absolute atomic E-state index is 0.315. The molecular weight excluding hydrogens is 288 g/mol. The topological polar surface area (TPSA) is 69.6 Å². The third-order valence-electron chi connectivity index (χ3n) is 3.35. The highest BCUT2D eigenvalue weighted by Gasteiger charge is 2.29. The lowest BCUT2D eigenvalue weighted by Crippen LogP contribution is -2.50. The van der Waals surface area contributed by atoms with Gasteiger partial charge in [0.15, 0.2) is 6.04 Å². The van der Waals surface area contributed by atoms with Crippen molar-refractivity contribution in [1.82, 2.24) is 10.2 Å². The maximum absolute atomic E-state index is 12.3. The van der Waals surface area contributed by atoms with E-state index in [1.807, 2.05) is 17.8 Å². The molecule has 1 saturated heterocycles. The number of hydrogen-bond donors (Lipinski definition) is 2. The van der Waals surface area contributed by atoms with Crippen LogP contribution >= 0.6 is 11.8 Å². The SMILES string of the molecule is CC1CN(C(=O)N[C@H](C(=O)O)c2ccccc2)CC(C)S1. The van der Waals surface area contributed by atoms with Crippen molar-refractivity contribution in [3.05, 3.63) is 35.9 Å².